The molecule has 0 bridgehead atoms. The molecule has 0 fully saturated rings. The summed E-state index contributed by atoms with van der Waals surface area (Å²) in [6.45, 7) is 0.0692. The molecule has 4 heteroatoms. The third-order valence-electron chi connectivity index (χ3n) is 1.91. The van der Waals surface area contributed by atoms with Gasteiger partial charge in [0.15, 0.2) is 6.61 Å². The van der Waals surface area contributed by atoms with Crippen LogP contribution in [0.3, 0.4) is 0 Å². The molecule has 0 aromatic heterocycles. The summed E-state index contributed by atoms with van der Waals surface area (Å²) < 4.78 is 5.21. The summed E-state index contributed by atoms with van der Waals surface area (Å²) in [5.74, 6) is 6.43. The SMILES string of the molecule is O=C1COc2ccc(C#CCCl)cc2N1. The average molecular weight is 222 g/mol. The molecular formula is C11H8ClNO2. The van der Waals surface area contributed by atoms with Crippen molar-refractivity contribution in [2.24, 2.45) is 0 Å². The zero-order valence-corrected chi connectivity index (χ0v) is 8.60. The van der Waals surface area contributed by atoms with E-state index in [-0.39, 0.29) is 12.5 Å². The maximum Gasteiger partial charge on any atom is 0.262 e. The number of carbonyl (C=O) groups is 1. The number of nitrogens with one attached hydrogen (secondary N) is 1. The van der Waals surface area contributed by atoms with Gasteiger partial charge in [-0.15, -0.1) is 11.6 Å². The number of anilines is 1. The van der Waals surface area contributed by atoms with E-state index in [1.54, 1.807) is 12.1 Å². The third kappa shape index (κ3) is 2.23. The van der Waals surface area contributed by atoms with Gasteiger partial charge in [-0.05, 0) is 18.2 Å². The molecule has 0 spiro atoms. The lowest BCUT2D eigenvalue weighted by Crippen LogP contribution is -2.25. The van der Waals surface area contributed by atoms with Gasteiger partial charge in [0, 0.05) is 5.56 Å². The molecule has 1 aromatic carbocycles. The van der Waals surface area contributed by atoms with E-state index in [1.807, 2.05) is 6.07 Å². The largest absolute Gasteiger partial charge is 0.482 e. The Balaban J connectivity index is 2.32. The number of hydrogen-bond donors (Lipinski definition) is 1. The van der Waals surface area contributed by atoms with Crippen LogP contribution in [0.15, 0.2) is 18.2 Å². The van der Waals surface area contributed by atoms with Gasteiger partial charge in [-0.2, -0.15) is 0 Å². The van der Waals surface area contributed by atoms with Crippen LogP contribution in [0.1, 0.15) is 5.56 Å². The molecule has 76 valence electrons. The van der Waals surface area contributed by atoms with Crippen LogP contribution in [-0.4, -0.2) is 18.4 Å². The number of ether oxygens (including phenoxy) is 1. The summed E-state index contributed by atoms with van der Waals surface area (Å²) in [6, 6.07) is 5.38. The second kappa shape index (κ2) is 4.24. The monoisotopic (exact) mass is 221 g/mol. The van der Waals surface area contributed by atoms with Crippen molar-refractivity contribution in [3.8, 4) is 17.6 Å². The Morgan fingerprint density at radius 1 is 1.53 bits per heavy atom. The molecule has 1 aliphatic rings. The van der Waals surface area contributed by atoms with Gasteiger partial charge in [-0.25, -0.2) is 0 Å². The van der Waals surface area contributed by atoms with Crippen LogP contribution in [-0.2, 0) is 4.79 Å². The predicted molar refractivity (Wildman–Crippen MR) is 58.2 cm³/mol. The lowest BCUT2D eigenvalue weighted by Gasteiger charge is -2.17. The standard InChI is InChI=1S/C11H8ClNO2/c12-5-1-2-8-3-4-10-9(6-8)13-11(14)7-15-10/h3-4,6H,5,7H2,(H,13,14). The van der Waals surface area contributed by atoms with Crippen molar-refractivity contribution in [3.63, 3.8) is 0 Å². The summed E-state index contributed by atoms with van der Waals surface area (Å²) in [5.41, 5.74) is 1.47. The van der Waals surface area contributed by atoms with Gasteiger partial charge in [-0.3, -0.25) is 4.79 Å². The van der Waals surface area contributed by atoms with Gasteiger partial charge >= 0.3 is 0 Å². The maximum absolute atomic E-state index is 11.1. The summed E-state index contributed by atoms with van der Waals surface area (Å²) in [6.07, 6.45) is 0. The number of rotatable bonds is 0. The smallest absolute Gasteiger partial charge is 0.262 e. The molecule has 3 nitrogen and oxygen atoms in total. The summed E-state index contributed by atoms with van der Waals surface area (Å²) in [5, 5.41) is 2.71. The van der Waals surface area contributed by atoms with Gasteiger partial charge in [-0.1, -0.05) is 11.8 Å². The Kier molecular flexibility index (Phi) is 2.79. The van der Waals surface area contributed by atoms with Crippen LogP contribution in [0, 0.1) is 11.8 Å². The highest BCUT2D eigenvalue weighted by molar-refractivity contribution is 6.19. The number of carbonyl (C=O) groups excluding carboxylic acids is 1. The van der Waals surface area contributed by atoms with Gasteiger partial charge < -0.3 is 10.1 Å². The minimum atomic E-state index is -0.148. The number of fused-ring (bicyclic) bond motifs is 1. The highest BCUT2D eigenvalue weighted by Gasteiger charge is 2.15. The van der Waals surface area contributed by atoms with Crippen LogP contribution in [0.4, 0.5) is 5.69 Å². The Labute approximate surface area is 92.4 Å². The van der Waals surface area contributed by atoms with Crippen LogP contribution in [0.25, 0.3) is 0 Å². The number of benzene rings is 1. The van der Waals surface area contributed by atoms with Crippen molar-refractivity contribution in [3.05, 3.63) is 23.8 Å². The minimum absolute atomic E-state index is 0.0692. The van der Waals surface area contributed by atoms with Gasteiger partial charge in [0.25, 0.3) is 5.91 Å². The van der Waals surface area contributed by atoms with Crippen LogP contribution < -0.4 is 10.1 Å². The van der Waals surface area contributed by atoms with Crippen molar-refractivity contribution in [1.29, 1.82) is 0 Å². The van der Waals surface area contributed by atoms with Crippen molar-refractivity contribution >= 4 is 23.2 Å². The van der Waals surface area contributed by atoms with Crippen LogP contribution in [0.5, 0.6) is 5.75 Å². The highest BCUT2D eigenvalue weighted by atomic mass is 35.5. The number of hydrogen-bond acceptors (Lipinski definition) is 2. The molecule has 1 aromatic rings. The van der Waals surface area contributed by atoms with Gasteiger partial charge in [0.1, 0.15) is 5.75 Å². The minimum Gasteiger partial charge on any atom is -0.482 e. The van der Waals surface area contributed by atoms with E-state index in [1.165, 1.54) is 0 Å². The predicted octanol–water partition coefficient (Wildman–Crippen LogP) is 1.61. The van der Waals surface area contributed by atoms with E-state index in [0.29, 0.717) is 17.3 Å². The van der Waals surface area contributed by atoms with Crippen molar-refractivity contribution in [2.45, 2.75) is 0 Å². The molecule has 0 saturated heterocycles. The van der Waals surface area contributed by atoms with E-state index in [2.05, 4.69) is 17.2 Å². The number of alkyl halides is 1. The molecular weight excluding hydrogens is 214 g/mol. The van der Waals surface area contributed by atoms with Crippen molar-refractivity contribution in [2.75, 3.05) is 17.8 Å². The zero-order chi connectivity index (χ0) is 10.7. The fourth-order valence-electron chi connectivity index (χ4n) is 1.30. The topological polar surface area (TPSA) is 38.3 Å². The van der Waals surface area contributed by atoms with E-state index >= 15 is 0 Å². The summed E-state index contributed by atoms with van der Waals surface area (Å²) in [7, 11) is 0. The second-order valence-corrected chi connectivity index (χ2v) is 3.25. The molecule has 1 N–H and O–H groups in total. The highest BCUT2D eigenvalue weighted by Crippen LogP contribution is 2.27. The summed E-state index contributed by atoms with van der Waals surface area (Å²) in [4.78, 5) is 11.1. The normalized spacial score (nSPS) is 13.0. The molecule has 0 aliphatic carbocycles. The van der Waals surface area contributed by atoms with E-state index < -0.39 is 0 Å². The quantitative estimate of drug-likeness (QED) is 0.534. The first-order valence-corrected chi connectivity index (χ1v) is 4.94. The third-order valence-corrected chi connectivity index (χ3v) is 2.05. The van der Waals surface area contributed by atoms with E-state index in [0.717, 1.165) is 5.56 Å². The molecule has 1 heterocycles. The Hall–Kier alpha value is -1.66. The molecule has 15 heavy (non-hydrogen) atoms. The number of amides is 1. The maximum atomic E-state index is 11.1. The zero-order valence-electron chi connectivity index (χ0n) is 7.84. The van der Waals surface area contributed by atoms with Crippen LogP contribution >= 0.6 is 11.6 Å². The van der Waals surface area contributed by atoms with Gasteiger partial charge in [0.05, 0.1) is 11.6 Å². The number of halogens is 1. The molecule has 0 atom stereocenters. The Morgan fingerprint density at radius 3 is 3.20 bits per heavy atom. The molecule has 2 rings (SSSR count). The molecule has 0 unspecified atom stereocenters. The Morgan fingerprint density at radius 2 is 2.40 bits per heavy atom. The van der Waals surface area contributed by atoms with E-state index in [9.17, 15) is 4.79 Å². The fraction of sp³-hybridized carbons (Fsp3) is 0.182. The van der Waals surface area contributed by atoms with Crippen LogP contribution in [0.2, 0.25) is 0 Å². The molecule has 1 amide bonds. The Bertz CT molecular complexity index is 459. The molecule has 0 saturated carbocycles. The van der Waals surface area contributed by atoms with Crippen molar-refractivity contribution < 1.29 is 9.53 Å². The molecule has 0 radical (unpaired) electrons. The lowest BCUT2D eigenvalue weighted by molar-refractivity contribution is -0.118. The average Bonchev–Trinajstić information content (AvgIpc) is 2.25. The second-order valence-electron chi connectivity index (χ2n) is 2.98. The van der Waals surface area contributed by atoms with Gasteiger partial charge in [0.2, 0.25) is 0 Å². The summed E-state index contributed by atoms with van der Waals surface area (Å²) >= 11 is 5.45. The lowest BCUT2D eigenvalue weighted by atomic mass is 10.1. The first-order chi connectivity index (χ1) is 7.29. The first-order valence-electron chi connectivity index (χ1n) is 4.41. The fourth-order valence-corrected chi connectivity index (χ4v) is 1.36. The van der Waals surface area contributed by atoms with Crippen molar-refractivity contribution in [1.82, 2.24) is 0 Å². The first kappa shape index (κ1) is 9.88. The van der Waals surface area contributed by atoms with E-state index in [4.69, 9.17) is 16.3 Å². The molecule has 1 aliphatic heterocycles.